The van der Waals surface area contributed by atoms with Gasteiger partial charge in [0.2, 0.25) is 5.88 Å². The summed E-state index contributed by atoms with van der Waals surface area (Å²) in [6.07, 6.45) is 5.12. The highest BCUT2D eigenvalue weighted by Crippen LogP contribution is 2.41. The molecule has 1 unspecified atom stereocenters. The first-order valence-electron chi connectivity index (χ1n) is 16.2. The fraction of sp³-hybridized carbons (Fsp3) is 0.559. The number of aromatic amines is 1. The molecule has 1 aliphatic rings. The molecule has 0 spiro atoms. The van der Waals surface area contributed by atoms with Gasteiger partial charge in [0.1, 0.15) is 20.4 Å². The molecular formula is C34H49N7O2Si. The number of hydrogen-bond donors (Lipinski definition) is 2. The van der Waals surface area contributed by atoms with Crippen LogP contribution in [0.2, 0.25) is 16.6 Å². The van der Waals surface area contributed by atoms with Gasteiger partial charge in [-0.3, -0.25) is 9.78 Å². The smallest absolute Gasteiger partial charge is 0.232 e. The molecule has 3 aromatic heterocycles. The molecule has 1 aliphatic heterocycles. The Balaban J connectivity index is 1.47. The fourth-order valence-electron chi connectivity index (χ4n) is 6.95. The van der Waals surface area contributed by atoms with Crippen molar-refractivity contribution in [2.75, 3.05) is 19.8 Å². The van der Waals surface area contributed by atoms with Crippen LogP contribution in [-0.4, -0.2) is 57.6 Å². The molecule has 10 heteroatoms. The molecular weight excluding hydrogens is 567 g/mol. The zero-order valence-electron chi connectivity index (χ0n) is 27.7. The Labute approximate surface area is 263 Å². The van der Waals surface area contributed by atoms with E-state index in [4.69, 9.17) is 14.6 Å². The second-order valence-corrected chi connectivity index (χ2v) is 18.6. The highest BCUT2D eigenvalue weighted by atomic mass is 28.3. The largest absolute Gasteiger partial charge is 0.475 e. The number of H-pyrrole nitrogens is 1. The van der Waals surface area contributed by atoms with Gasteiger partial charge < -0.3 is 14.8 Å². The van der Waals surface area contributed by atoms with Gasteiger partial charge in [0.15, 0.2) is 6.23 Å². The van der Waals surface area contributed by atoms with Crippen molar-refractivity contribution in [3.05, 3.63) is 47.5 Å². The topological polar surface area (TPSA) is 94.8 Å². The van der Waals surface area contributed by atoms with Crippen LogP contribution < -0.4 is 10.1 Å². The number of ether oxygens (including phenoxy) is 2. The summed E-state index contributed by atoms with van der Waals surface area (Å²) < 4.78 is 16.0. The van der Waals surface area contributed by atoms with Crippen LogP contribution >= 0.6 is 0 Å². The summed E-state index contributed by atoms with van der Waals surface area (Å²) in [7, 11) is 0.0587. The normalized spacial score (nSPS) is 15.8. The number of nitrogens with one attached hydrogen (secondary N) is 2. The van der Waals surface area contributed by atoms with Crippen LogP contribution in [0.5, 0.6) is 5.88 Å². The van der Waals surface area contributed by atoms with Crippen molar-refractivity contribution in [3.8, 4) is 28.5 Å². The Kier molecular flexibility index (Phi) is 9.98. The summed E-state index contributed by atoms with van der Waals surface area (Å²) in [5.41, 5.74) is 11.8. The Morgan fingerprint density at radius 3 is 2.55 bits per heavy atom. The molecule has 0 amide bonds. The molecule has 5 rings (SSSR count). The van der Waals surface area contributed by atoms with Crippen molar-refractivity contribution in [2.45, 2.75) is 97.1 Å². The molecule has 4 aromatic rings. The maximum Gasteiger partial charge on any atom is 0.232 e. The molecule has 1 fully saturated rings. The molecule has 0 aliphatic carbocycles. The van der Waals surface area contributed by atoms with E-state index in [0.717, 1.165) is 65.0 Å². The molecule has 9 nitrogen and oxygen atoms in total. The number of aryl methyl sites for hydroxylation is 2. The molecule has 1 aromatic carbocycles. The van der Waals surface area contributed by atoms with Crippen LogP contribution in [0.3, 0.4) is 0 Å². The number of nitrogens with zero attached hydrogens (tertiary/aromatic N) is 5. The van der Waals surface area contributed by atoms with E-state index in [0.29, 0.717) is 42.2 Å². The van der Waals surface area contributed by atoms with E-state index < -0.39 is 8.07 Å². The lowest BCUT2D eigenvalue weighted by molar-refractivity contribution is -0.0367. The number of benzene rings is 1. The first-order valence-corrected chi connectivity index (χ1v) is 18.4. The molecule has 0 bridgehead atoms. The predicted molar refractivity (Wildman–Crippen MR) is 179 cm³/mol. The lowest BCUT2D eigenvalue weighted by Crippen LogP contribution is -2.43. The van der Waals surface area contributed by atoms with Crippen LogP contribution in [0.25, 0.3) is 22.0 Å². The highest BCUT2D eigenvalue weighted by Gasteiger charge is 2.41. The average molecular weight is 616 g/mol. The third-order valence-electron chi connectivity index (χ3n) is 9.27. The third kappa shape index (κ3) is 6.51. The molecule has 0 saturated carbocycles. The van der Waals surface area contributed by atoms with Gasteiger partial charge >= 0.3 is 0 Å². The van der Waals surface area contributed by atoms with Gasteiger partial charge in [0.25, 0.3) is 0 Å². The summed E-state index contributed by atoms with van der Waals surface area (Å²) in [5, 5.41) is 21.4. The van der Waals surface area contributed by atoms with Crippen molar-refractivity contribution >= 4 is 19.0 Å². The summed E-state index contributed by atoms with van der Waals surface area (Å²) in [6, 6.07) is 8.51. The summed E-state index contributed by atoms with van der Waals surface area (Å²) in [5.74, 6) is 4.28. The number of aromatic nitrogens is 6. The van der Waals surface area contributed by atoms with Crippen molar-refractivity contribution in [1.29, 1.82) is 0 Å². The van der Waals surface area contributed by atoms with Crippen LogP contribution in [-0.2, 0) is 18.3 Å². The summed E-state index contributed by atoms with van der Waals surface area (Å²) >= 11 is 0. The molecule has 1 atom stereocenters. The Bertz CT molecular complexity index is 1590. The van der Waals surface area contributed by atoms with Gasteiger partial charge in [-0.1, -0.05) is 53.5 Å². The van der Waals surface area contributed by atoms with Gasteiger partial charge in [-0.05, 0) is 60.5 Å². The van der Waals surface area contributed by atoms with E-state index >= 15 is 0 Å². The van der Waals surface area contributed by atoms with Gasteiger partial charge in [0.05, 0.1) is 17.4 Å². The monoisotopic (exact) mass is 615 g/mol. The standard InChI is InChI=1S/C34H49N7O2Si/c1-23(2)44(24(3)4,25(5)6)18-14-30-28-20-27(12-13-31(28)41(39-30)34-11-9-10-16-43-34)29-21-36-40(8)32(29)22-35-15-17-42-33-19-26(7)37-38-33/h12-13,19-21,23-25,34-35H,9-11,15-17,22H2,1-8H3,(H,37,38). The molecule has 2 N–H and O–H groups in total. The Hall–Kier alpha value is -3.39. The van der Waals surface area contributed by atoms with Crippen molar-refractivity contribution in [3.63, 3.8) is 0 Å². The number of fused-ring (bicyclic) bond motifs is 1. The van der Waals surface area contributed by atoms with Crippen molar-refractivity contribution < 1.29 is 9.47 Å². The fourth-order valence-corrected chi connectivity index (χ4v) is 12.2. The van der Waals surface area contributed by atoms with E-state index in [9.17, 15) is 0 Å². The van der Waals surface area contributed by atoms with Gasteiger partial charge in [-0.15, -0.1) is 10.6 Å². The van der Waals surface area contributed by atoms with E-state index in [1.807, 2.05) is 30.9 Å². The van der Waals surface area contributed by atoms with Gasteiger partial charge in [-0.25, -0.2) is 4.68 Å². The Morgan fingerprint density at radius 2 is 1.89 bits per heavy atom. The maximum absolute atomic E-state index is 6.20. The van der Waals surface area contributed by atoms with Crippen molar-refractivity contribution in [2.24, 2.45) is 7.05 Å². The van der Waals surface area contributed by atoms with E-state index in [1.54, 1.807) is 0 Å². The minimum atomic E-state index is -1.93. The second-order valence-electron chi connectivity index (χ2n) is 13.0. The first-order chi connectivity index (χ1) is 21.1. The number of rotatable bonds is 11. The van der Waals surface area contributed by atoms with Crippen LogP contribution in [0, 0.1) is 18.4 Å². The number of hydrogen-bond acceptors (Lipinski definition) is 6. The zero-order valence-corrected chi connectivity index (χ0v) is 28.7. The quantitative estimate of drug-likeness (QED) is 0.108. The molecule has 1 saturated heterocycles. The minimum absolute atomic E-state index is 0.0549. The molecule has 0 radical (unpaired) electrons. The molecule has 44 heavy (non-hydrogen) atoms. The molecule has 236 valence electrons. The maximum atomic E-state index is 6.20. The van der Waals surface area contributed by atoms with Crippen LogP contribution in [0.1, 0.15) is 84.1 Å². The average Bonchev–Trinajstić information content (AvgIpc) is 3.69. The Morgan fingerprint density at radius 1 is 1.11 bits per heavy atom. The lowest BCUT2D eigenvalue weighted by atomic mass is 10.0. The van der Waals surface area contributed by atoms with Crippen LogP contribution in [0.4, 0.5) is 0 Å². The lowest BCUT2D eigenvalue weighted by Gasteiger charge is -2.38. The van der Waals surface area contributed by atoms with Gasteiger partial charge in [-0.2, -0.15) is 10.2 Å². The summed E-state index contributed by atoms with van der Waals surface area (Å²) in [4.78, 5) is 0. The molecule has 4 heterocycles. The summed E-state index contributed by atoms with van der Waals surface area (Å²) in [6.45, 7) is 18.7. The predicted octanol–water partition coefficient (Wildman–Crippen LogP) is 6.91. The first kappa shape index (κ1) is 32.0. The minimum Gasteiger partial charge on any atom is -0.475 e. The van der Waals surface area contributed by atoms with E-state index in [2.05, 4.69) is 96.5 Å². The zero-order chi connectivity index (χ0) is 31.4. The van der Waals surface area contributed by atoms with Crippen molar-refractivity contribution in [1.82, 2.24) is 35.1 Å². The highest BCUT2D eigenvalue weighted by molar-refractivity contribution is 6.90. The van der Waals surface area contributed by atoms with E-state index in [-0.39, 0.29) is 6.23 Å². The third-order valence-corrected chi connectivity index (χ3v) is 15.6. The van der Waals surface area contributed by atoms with Crippen LogP contribution in [0.15, 0.2) is 30.5 Å². The van der Waals surface area contributed by atoms with Gasteiger partial charge in [0, 0.05) is 49.5 Å². The SMILES string of the molecule is Cc1cc(OCCNCc2c(-c3ccc4c(c3)c(C#C[Si](C(C)C)(C(C)C)C(C)C)nn4C3CCCCO3)cnn2C)n[nH]1. The van der Waals surface area contributed by atoms with E-state index in [1.165, 1.54) is 0 Å². The second kappa shape index (κ2) is 13.7.